The van der Waals surface area contributed by atoms with E-state index in [1.807, 2.05) is 6.92 Å². The van der Waals surface area contributed by atoms with Crippen LogP contribution in [0.15, 0.2) is 49.3 Å². The molecule has 5 N–H and O–H groups in total. The minimum atomic E-state index is -4.27. The molecule has 0 radical (unpaired) electrons. The van der Waals surface area contributed by atoms with Gasteiger partial charge in [-0.05, 0) is 49.7 Å². The summed E-state index contributed by atoms with van der Waals surface area (Å²) in [5.74, 6) is 0.146. The number of aryl methyl sites for hydroxylation is 1. The molecule has 2 aromatic rings. The van der Waals surface area contributed by atoms with Gasteiger partial charge in [-0.3, -0.25) is 10.1 Å². The van der Waals surface area contributed by atoms with Gasteiger partial charge in [0.15, 0.2) is 5.82 Å². The van der Waals surface area contributed by atoms with Crippen LogP contribution < -0.4 is 21.7 Å². The Balaban J connectivity index is 2.10. The number of carbonyl (C=O) groups excluding carboxylic acids is 1. The van der Waals surface area contributed by atoms with Gasteiger partial charge in [0, 0.05) is 11.7 Å². The van der Waals surface area contributed by atoms with E-state index in [-0.39, 0.29) is 18.0 Å². The van der Waals surface area contributed by atoms with E-state index in [1.54, 1.807) is 38.2 Å². The van der Waals surface area contributed by atoms with Crippen molar-refractivity contribution in [1.82, 2.24) is 10.3 Å². The van der Waals surface area contributed by atoms with Gasteiger partial charge in [-0.2, -0.15) is 13.2 Å². The number of alkyl halides is 3. The largest absolute Gasteiger partial charge is 0.393 e. The van der Waals surface area contributed by atoms with Crippen LogP contribution in [0.2, 0.25) is 0 Å². The Hall–Kier alpha value is -2.91. The van der Waals surface area contributed by atoms with Crippen molar-refractivity contribution in [3.63, 3.8) is 0 Å². The number of amides is 1. The number of aromatic nitrogens is 1. The lowest BCUT2D eigenvalue weighted by molar-refractivity contribution is -0.127. The molecular formula is C22H28F3N5O. The SMILES string of the molecule is C=CNc1ncc(C)cc1NC(=O)CNC(c1ccc(CC(F)(F)F)cc1)C(C)(C)N. The Morgan fingerprint density at radius 3 is 2.45 bits per heavy atom. The lowest BCUT2D eigenvalue weighted by Crippen LogP contribution is -2.48. The van der Waals surface area contributed by atoms with Crippen LogP contribution in [0.25, 0.3) is 0 Å². The topological polar surface area (TPSA) is 92.1 Å². The molecule has 168 valence electrons. The first-order valence-electron chi connectivity index (χ1n) is 9.71. The first-order chi connectivity index (χ1) is 14.4. The number of rotatable bonds is 9. The first kappa shape index (κ1) is 24.4. The van der Waals surface area contributed by atoms with Crippen molar-refractivity contribution < 1.29 is 18.0 Å². The van der Waals surface area contributed by atoms with Crippen LogP contribution in [0.5, 0.6) is 0 Å². The van der Waals surface area contributed by atoms with Crippen molar-refractivity contribution in [2.75, 3.05) is 17.2 Å². The Morgan fingerprint density at radius 1 is 1.26 bits per heavy atom. The van der Waals surface area contributed by atoms with Gasteiger partial charge in [-0.15, -0.1) is 0 Å². The van der Waals surface area contributed by atoms with Crippen LogP contribution in [0.3, 0.4) is 0 Å². The summed E-state index contributed by atoms with van der Waals surface area (Å²) in [5, 5.41) is 8.76. The molecular weight excluding hydrogens is 407 g/mol. The minimum absolute atomic E-state index is 0.0585. The monoisotopic (exact) mass is 435 g/mol. The van der Waals surface area contributed by atoms with Gasteiger partial charge < -0.3 is 16.4 Å². The van der Waals surface area contributed by atoms with Crippen molar-refractivity contribution in [3.05, 3.63) is 66.0 Å². The van der Waals surface area contributed by atoms with Gasteiger partial charge in [0.1, 0.15) is 0 Å². The summed E-state index contributed by atoms with van der Waals surface area (Å²) >= 11 is 0. The molecule has 0 spiro atoms. The maximum absolute atomic E-state index is 12.6. The van der Waals surface area contributed by atoms with Crippen molar-refractivity contribution in [2.45, 2.75) is 44.9 Å². The first-order valence-corrected chi connectivity index (χ1v) is 9.71. The number of pyridine rings is 1. The van der Waals surface area contributed by atoms with Gasteiger partial charge in [0.25, 0.3) is 0 Å². The predicted molar refractivity (Wildman–Crippen MR) is 117 cm³/mol. The van der Waals surface area contributed by atoms with Crippen LogP contribution >= 0.6 is 0 Å². The van der Waals surface area contributed by atoms with E-state index in [2.05, 4.69) is 27.5 Å². The van der Waals surface area contributed by atoms with E-state index in [0.717, 1.165) is 5.56 Å². The lowest BCUT2D eigenvalue weighted by Gasteiger charge is -2.32. The summed E-state index contributed by atoms with van der Waals surface area (Å²) in [6, 6.07) is 7.37. The van der Waals surface area contributed by atoms with Gasteiger partial charge in [0.05, 0.1) is 24.7 Å². The second kappa shape index (κ2) is 9.93. The molecule has 0 saturated heterocycles. The third-order valence-corrected chi connectivity index (χ3v) is 4.47. The van der Waals surface area contributed by atoms with Gasteiger partial charge in [-0.25, -0.2) is 4.98 Å². The summed E-state index contributed by atoms with van der Waals surface area (Å²) < 4.78 is 37.8. The predicted octanol–water partition coefficient (Wildman–Crippen LogP) is 4.06. The van der Waals surface area contributed by atoms with Crippen LogP contribution in [0.4, 0.5) is 24.7 Å². The molecule has 0 aliphatic heterocycles. The quantitative estimate of drug-likeness (QED) is 0.477. The molecule has 0 fully saturated rings. The number of anilines is 2. The van der Waals surface area contributed by atoms with Crippen molar-refractivity contribution in [3.8, 4) is 0 Å². The van der Waals surface area contributed by atoms with Gasteiger partial charge >= 0.3 is 6.18 Å². The number of benzene rings is 1. The summed E-state index contributed by atoms with van der Waals surface area (Å²) in [5.41, 5.74) is 7.73. The zero-order valence-electron chi connectivity index (χ0n) is 17.8. The Labute approximate surface area is 180 Å². The summed E-state index contributed by atoms with van der Waals surface area (Å²) in [6.07, 6.45) is -2.14. The average molecular weight is 435 g/mol. The molecule has 9 heteroatoms. The summed E-state index contributed by atoms with van der Waals surface area (Å²) in [6.45, 7) is 8.95. The van der Waals surface area contributed by atoms with E-state index in [0.29, 0.717) is 17.1 Å². The molecule has 0 aliphatic carbocycles. The minimum Gasteiger partial charge on any atom is -0.346 e. The smallest absolute Gasteiger partial charge is 0.346 e. The van der Waals surface area contributed by atoms with E-state index in [9.17, 15) is 18.0 Å². The fourth-order valence-corrected chi connectivity index (χ4v) is 3.14. The van der Waals surface area contributed by atoms with Crippen molar-refractivity contribution in [2.24, 2.45) is 5.73 Å². The Bertz CT molecular complexity index is 905. The Kier molecular flexibility index (Phi) is 7.80. The molecule has 1 heterocycles. The number of hydrogen-bond donors (Lipinski definition) is 4. The highest BCUT2D eigenvalue weighted by Gasteiger charge is 2.29. The van der Waals surface area contributed by atoms with Crippen LogP contribution in [-0.2, 0) is 11.2 Å². The number of halogens is 3. The molecule has 31 heavy (non-hydrogen) atoms. The normalized spacial score (nSPS) is 12.9. The lowest BCUT2D eigenvalue weighted by atomic mass is 9.89. The van der Waals surface area contributed by atoms with Gasteiger partial charge in [-0.1, -0.05) is 30.8 Å². The summed E-state index contributed by atoms with van der Waals surface area (Å²) in [7, 11) is 0. The molecule has 2 rings (SSSR count). The third kappa shape index (κ3) is 7.69. The highest BCUT2D eigenvalue weighted by molar-refractivity contribution is 5.95. The molecule has 1 atom stereocenters. The highest BCUT2D eigenvalue weighted by Crippen LogP contribution is 2.26. The van der Waals surface area contributed by atoms with E-state index >= 15 is 0 Å². The molecule has 0 bridgehead atoms. The molecule has 1 amide bonds. The molecule has 1 aromatic heterocycles. The van der Waals surface area contributed by atoms with E-state index < -0.39 is 24.2 Å². The third-order valence-electron chi connectivity index (χ3n) is 4.47. The average Bonchev–Trinajstić information content (AvgIpc) is 2.63. The van der Waals surface area contributed by atoms with Crippen LogP contribution in [0, 0.1) is 6.92 Å². The van der Waals surface area contributed by atoms with E-state index in [4.69, 9.17) is 5.73 Å². The molecule has 1 unspecified atom stereocenters. The second-order valence-corrected chi connectivity index (χ2v) is 7.97. The molecule has 6 nitrogen and oxygen atoms in total. The molecule has 0 aliphatic rings. The zero-order chi connectivity index (χ0) is 23.2. The van der Waals surface area contributed by atoms with Gasteiger partial charge in [0.2, 0.25) is 5.91 Å². The highest BCUT2D eigenvalue weighted by atomic mass is 19.4. The van der Waals surface area contributed by atoms with Crippen molar-refractivity contribution >= 4 is 17.4 Å². The van der Waals surface area contributed by atoms with Crippen LogP contribution in [-0.4, -0.2) is 29.2 Å². The molecule has 0 saturated carbocycles. The number of nitrogens with zero attached hydrogens (tertiary/aromatic N) is 1. The Morgan fingerprint density at radius 2 is 1.90 bits per heavy atom. The second-order valence-electron chi connectivity index (χ2n) is 7.97. The zero-order valence-corrected chi connectivity index (χ0v) is 17.8. The van der Waals surface area contributed by atoms with E-state index in [1.165, 1.54) is 18.3 Å². The fraction of sp³-hybridized carbons (Fsp3) is 0.364. The molecule has 1 aromatic carbocycles. The number of carbonyl (C=O) groups is 1. The van der Waals surface area contributed by atoms with Crippen molar-refractivity contribution in [1.29, 1.82) is 0 Å². The van der Waals surface area contributed by atoms with Crippen LogP contribution in [0.1, 0.15) is 36.6 Å². The maximum atomic E-state index is 12.6. The maximum Gasteiger partial charge on any atom is 0.393 e. The fourth-order valence-electron chi connectivity index (χ4n) is 3.14. The standard InChI is InChI=1S/C22H28F3N5O/c1-5-27-20-17(10-14(2)12-29-20)30-18(31)13-28-19(21(3,4)26)16-8-6-15(7-9-16)11-22(23,24)25/h5-10,12,19,28H,1,11,13,26H2,2-4H3,(H,27,29)(H,30,31). The number of nitrogens with one attached hydrogen (secondary N) is 3. The number of nitrogens with two attached hydrogens (primary N) is 1. The number of hydrogen-bond acceptors (Lipinski definition) is 5. The summed E-state index contributed by atoms with van der Waals surface area (Å²) in [4.78, 5) is 16.8.